The SMILES string of the molecule is C=CCn1c(SCc2csc(-c3ccccc3C)n2)nnc1C(C)Oc1cc(Cl)ccc1Cl. The zero-order valence-electron chi connectivity index (χ0n) is 18.2. The molecule has 0 amide bonds. The van der Waals surface area contributed by atoms with Crippen molar-refractivity contribution < 1.29 is 4.74 Å². The maximum absolute atomic E-state index is 6.25. The van der Waals surface area contributed by atoms with Gasteiger partial charge in [-0.1, -0.05) is 65.3 Å². The first-order chi connectivity index (χ1) is 16.0. The highest BCUT2D eigenvalue weighted by molar-refractivity contribution is 7.98. The van der Waals surface area contributed by atoms with Gasteiger partial charge in [-0.25, -0.2) is 4.98 Å². The molecule has 9 heteroatoms. The maximum atomic E-state index is 6.25. The second-order valence-electron chi connectivity index (χ2n) is 7.32. The Morgan fingerprint density at radius 1 is 1.21 bits per heavy atom. The van der Waals surface area contributed by atoms with Gasteiger partial charge in [-0.3, -0.25) is 4.57 Å². The van der Waals surface area contributed by atoms with Gasteiger partial charge in [0.2, 0.25) is 0 Å². The predicted molar refractivity (Wildman–Crippen MR) is 138 cm³/mol. The third kappa shape index (κ3) is 5.61. The van der Waals surface area contributed by atoms with Crippen LogP contribution in [0, 0.1) is 6.92 Å². The summed E-state index contributed by atoms with van der Waals surface area (Å²) in [7, 11) is 0. The van der Waals surface area contributed by atoms with Crippen LogP contribution in [0.4, 0.5) is 0 Å². The summed E-state index contributed by atoms with van der Waals surface area (Å²) in [6.07, 6.45) is 1.43. The molecule has 0 aliphatic rings. The number of aromatic nitrogens is 4. The lowest BCUT2D eigenvalue weighted by atomic mass is 10.1. The average Bonchev–Trinajstić information content (AvgIpc) is 3.42. The van der Waals surface area contributed by atoms with E-state index in [1.165, 1.54) is 11.1 Å². The Hall–Kier alpha value is -2.32. The number of hydrogen-bond donors (Lipinski definition) is 0. The minimum absolute atomic E-state index is 0.380. The van der Waals surface area contributed by atoms with Crippen LogP contribution >= 0.6 is 46.3 Å². The van der Waals surface area contributed by atoms with Gasteiger partial charge < -0.3 is 4.74 Å². The Kier molecular flexibility index (Phi) is 7.75. The van der Waals surface area contributed by atoms with E-state index in [0.29, 0.717) is 33.9 Å². The van der Waals surface area contributed by atoms with Crippen molar-refractivity contribution in [1.29, 1.82) is 0 Å². The van der Waals surface area contributed by atoms with Crippen molar-refractivity contribution >= 4 is 46.3 Å². The number of thiazole rings is 1. The Morgan fingerprint density at radius 2 is 2.03 bits per heavy atom. The zero-order chi connectivity index (χ0) is 23.4. The fourth-order valence-corrected chi connectivity index (χ4v) is 5.45. The molecule has 0 N–H and O–H groups in total. The van der Waals surface area contributed by atoms with Gasteiger partial charge in [0.1, 0.15) is 10.8 Å². The lowest BCUT2D eigenvalue weighted by Gasteiger charge is -2.16. The van der Waals surface area contributed by atoms with Crippen molar-refractivity contribution in [2.75, 3.05) is 0 Å². The average molecular weight is 518 g/mol. The highest BCUT2D eigenvalue weighted by Gasteiger charge is 2.20. The second-order valence-corrected chi connectivity index (χ2v) is 9.97. The first kappa shape index (κ1) is 23.8. The van der Waals surface area contributed by atoms with Gasteiger partial charge in [-0.05, 0) is 31.5 Å². The molecule has 4 aromatic rings. The molecule has 4 rings (SSSR count). The molecule has 1 atom stereocenters. The highest BCUT2D eigenvalue weighted by Crippen LogP contribution is 2.33. The van der Waals surface area contributed by atoms with Crippen LogP contribution in [0.3, 0.4) is 0 Å². The molecule has 0 saturated heterocycles. The molecule has 0 fully saturated rings. The van der Waals surface area contributed by atoms with Crippen molar-refractivity contribution in [3.05, 3.63) is 87.6 Å². The van der Waals surface area contributed by atoms with Crippen LogP contribution in [0.25, 0.3) is 10.6 Å². The number of nitrogens with zero attached hydrogens (tertiary/aromatic N) is 4. The first-order valence-corrected chi connectivity index (χ1v) is 12.9. The van der Waals surface area contributed by atoms with E-state index >= 15 is 0 Å². The predicted octanol–water partition coefficient (Wildman–Crippen LogP) is 7.64. The molecule has 170 valence electrons. The normalized spacial score (nSPS) is 12.0. The number of hydrogen-bond acceptors (Lipinski definition) is 6. The molecule has 0 saturated carbocycles. The quantitative estimate of drug-likeness (QED) is 0.169. The van der Waals surface area contributed by atoms with Crippen LogP contribution < -0.4 is 4.74 Å². The number of rotatable bonds is 9. The molecule has 0 bridgehead atoms. The van der Waals surface area contributed by atoms with Gasteiger partial charge in [-0.2, -0.15) is 0 Å². The van der Waals surface area contributed by atoms with E-state index in [2.05, 4.69) is 41.2 Å². The summed E-state index contributed by atoms with van der Waals surface area (Å²) < 4.78 is 8.04. The number of ether oxygens (including phenoxy) is 1. The third-order valence-corrected chi connectivity index (χ3v) is 7.37. The van der Waals surface area contributed by atoms with Gasteiger partial charge >= 0.3 is 0 Å². The molecule has 0 spiro atoms. The molecule has 1 unspecified atom stereocenters. The summed E-state index contributed by atoms with van der Waals surface area (Å²) in [5, 5.41) is 13.7. The highest BCUT2D eigenvalue weighted by atomic mass is 35.5. The fourth-order valence-electron chi connectivity index (χ4n) is 3.27. The first-order valence-electron chi connectivity index (χ1n) is 10.2. The van der Waals surface area contributed by atoms with Crippen molar-refractivity contribution in [1.82, 2.24) is 19.7 Å². The lowest BCUT2D eigenvalue weighted by Crippen LogP contribution is -2.12. The zero-order valence-corrected chi connectivity index (χ0v) is 21.3. The minimum Gasteiger partial charge on any atom is -0.481 e. The minimum atomic E-state index is -0.380. The monoisotopic (exact) mass is 516 g/mol. The Morgan fingerprint density at radius 3 is 2.82 bits per heavy atom. The lowest BCUT2D eigenvalue weighted by molar-refractivity contribution is 0.210. The van der Waals surface area contributed by atoms with E-state index in [4.69, 9.17) is 32.9 Å². The molecule has 33 heavy (non-hydrogen) atoms. The number of benzene rings is 2. The molecule has 0 radical (unpaired) electrons. The second kappa shape index (κ2) is 10.7. The van der Waals surface area contributed by atoms with Gasteiger partial charge in [0.05, 0.1) is 10.7 Å². The van der Waals surface area contributed by atoms with Crippen LogP contribution in [0.2, 0.25) is 10.0 Å². The Bertz CT molecular complexity index is 1270. The summed E-state index contributed by atoms with van der Waals surface area (Å²) >= 11 is 15.6. The number of aryl methyl sites for hydroxylation is 1. The molecule has 2 aromatic heterocycles. The molecule has 5 nitrogen and oxygen atoms in total. The summed E-state index contributed by atoms with van der Waals surface area (Å²) in [5.74, 6) is 1.88. The number of halogens is 2. The molecule has 2 aromatic carbocycles. The van der Waals surface area contributed by atoms with Gasteiger partial charge in [0, 0.05) is 34.3 Å². The smallest absolute Gasteiger partial charge is 0.192 e. The van der Waals surface area contributed by atoms with Crippen LogP contribution in [0.15, 0.2) is 65.7 Å². The maximum Gasteiger partial charge on any atom is 0.192 e. The molecule has 2 heterocycles. The van der Waals surface area contributed by atoms with Gasteiger partial charge in [-0.15, -0.1) is 28.1 Å². The van der Waals surface area contributed by atoms with Gasteiger partial charge in [0.25, 0.3) is 0 Å². The Labute approximate surface area is 211 Å². The molecule has 0 aliphatic carbocycles. The van der Waals surface area contributed by atoms with Crippen LogP contribution in [0.5, 0.6) is 5.75 Å². The molecule has 0 aliphatic heterocycles. The third-order valence-electron chi connectivity index (χ3n) is 4.89. The van der Waals surface area contributed by atoms with E-state index in [-0.39, 0.29) is 6.10 Å². The Balaban J connectivity index is 1.49. The van der Waals surface area contributed by atoms with E-state index in [0.717, 1.165) is 15.9 Å². The van der Waals surface area contributed by atoms with Crippen LogP contribution in [-0.2, 0) is 12.3 Å². The van der Waals surface area contributed by atoms with E-state index < -0.39 is 0 Å². The standard InChI is InChI=1S/C24H22Cl2N4OS2/c1-4-11-30-22(16(3)31-21-12-17(25)9-10-20(21)26)28-29-24(30)33-14-18-13-32-23(27-18)19-8-6-5-7-15(19)2/h4-10,12-13,16H,1,11,14H2,2-3H3. The van der Waals surface area contributed by atoms with E-state index in [1.807, 2.05) is 29.7 Å². The molecular formula is C24H22Cl2N4OS2. The van der Waals surface area contributed by atoms with E-state index in [1.54, 1.807) is 41.3 Å². The topological polar surface area (TPSA) is 52.8 Å². The van der Waals surface area contributed by atoms with E-state index in [9.17, 15) is 0 Å². The van der Waals surface area contributed by atoms with Gasteiger partial charge in [0.15, 0.2) is 17.1 Å². The van der Waals surface area contributed by atoms with Crippen molar-refractivity contribution in [3.8, 4) is 16.3 Å². The molecular weight excluding hydrogens is 495 g/mol. The summed E-state index contributed by atoms with van der Waals surface area (Å²) in [6, 6.07) is 13.4. The van der Waals surface area contributed by atoms with Crippen LogP contribution in [0.1, 0.15) is 30.1 Å². The number of allylic oxidation sites excluding steroid dienone is 1. The summed E-state index contributed by atoms with van der Waals surface area (Å²) in [5.41, 5.74) is 3.39. The largest absolute Gasteiger partial charge is 0.481 e. The fraction of sp³-hybridized carbons (Fsp3) is 0.208. The van der Waals surface area contributed by atoms with Crippen molar-refractivity contribution in [2.45, 2.75) is 37.4 Å². The van der Waals surface area contributed by atoms with Crippen molar-refractivity contribution in [3.63, 3.8) is 0 Å². The van der Waals surface area contributed by atoms with Crippen LogP contribution in [-0.4, -0.2) is 19.7 Å². The van der Waals surface area contributed by atoms with Crippen molar-refractivity contribution in [2.24, 2.45) is 0 Å². The number of thioether (sulfide) groups is 1. The summed E-state index contributed by atoms with van der Waals surface area (Å²) in [6.45, 7) is 8.45. The summed E-state index contributed by atoms with van der Waals surface area (Å²) in [4.78, 5) is 4.82.